The second kappa shape index (κ2) is 6.56. The molecule has 0 fully saturated rings. The number of methoxy groups -OCH3 is 1. The Kier molecular flexibility index (Phi) is 4.92. The number of nitrogens with zero attached hydrogens (tertiary/aromatic N) is 2. The van der Waals surface area contributed by atoms with Crippen LogP contribution in [0.1, 0.15) is 38.3 Å². The van der Waals surface area contributed by atoms with Crippen molar-refractivity contribution in [3.8, 4) is 5.88 Å². The van der Waals surface area contributed by atoms with Crippen molar-refractivity contribution >= 4 is 11.7 Å². The third-order valence-corrected chi connectivity index (χ3v) is 3.63. The molecule has 2 heterocycles. The minimum atomic E-state index is -0.513. The maximum Gasteiger partial charge on any atom is 0.410 e. The summed E-state index contributed by atoms with van der Waals surface area (Å²) < 4.78 is 24.4. The first-order valence-electron chi connectivity index (χ1n) is 7.59. The zero-order valence-corrected chi connectivity index (χ0v) is 14.3. The number of pyridine rings is 1. The van der Waals surface area contributed by atoms with Gasteiger partial charge in [0, 0.05) is 24.8 Å². The molecule has 23 heavy (non-hydrogen) atoms. The van der Waals surface area contributed by atoms with Gasteiger partial charge in [-0.3, -0.25) is 0 Å². The zero-order valence-electron chi connectivity index (χ0n) is 14.3. The van der Waals surface area contributed by atoms with E-state index in [1.54, 1.807) is 18.0 Å². The molecule has 0 saturated heterocycles. The van der Waals surface area contributed by atoms with E-state index in [9.17, 15) is 9.18 Å². The molecule has 0 N–H and O–H groups in total. The highest BCUT2D eigenvalue weighted by atomic mass is 19.1. The molecule has 0 radical (unpaired) electrons. The molecule has 0 bridgehead atoms. The summed E-state index contributed by atoms with van der Waals surface area (Å²) in [6, 6.07) is 0. The van der Waals surface area contributed by atoms with Gasteiger partial charge in [-0.1, -0.05) is 6.08 Å². The highest BCUT2D eigenvalue weighted by molar-refractivity contribution is 5.73. The second-order valence-electron chi connectivity index (χ2n) is 6.53. The molecule has 0 unspecified atom stereocenters. The molecule has 126 valence electrons. The van der Waals surface area contributed by atoms with Crippen LogP contribution in [-0.2, 0) is 4.74 Å². The third-order valence-electron chi connectivity index (χ3n) is 3.63. The van der Waals surface area contributed by atoms with Gasteiger partial charge >= 0.3 is 6.09 Å². The molecule has 1 aromatic rings. The summed E-state index contributed by atoms with van der Waals surface area (Å²) in [7, 11) is 1.39. The standard InChI is InChI=1S/C17H23FN2O3/c1-11-13(10-19-15(22-5)14(11)18)12-6-8-20(9-7-12)16(21)23-17(2,3)4/h6,10H,7-9H2,1-5H3. The number of ether oxygens (including phenoxy) is 2. The molecule has 0 atom stereocenters. The predicted octanol–water partition coefficient (Wildman–Crippen LogP) is 3.56. The van der Waals surface area contributed by atoms with Crippen LogP contribution < -0.4 is 4.74 Å². The van der Waals surface area contributed by atoms with Crippen LogP contribution in [-0.4, -0.2) is 41.8 Å². The van der Waals surface area contributed by atoms with Crippen molar-refractivity contribution in [3.05, 3.63) is 29.2 Å². The Hall–Kier alpha value is -2.11. The molecular weight excluding hydrogens is 299 g/mol. The van der Waals surface area contributed by atoms with E-state index in [0.29, 0.717) is 25.1 Å². The van der Waals surface area contributed by atoms with Gasteiger partial charge in [0.25, 0.3) is 0 Å². The monoisotopic (exact) mass is 322 g/mol. The highest BCUT2D eigenvalue weighted by Crippen LogP contribution is 2.29. The molecule has 0 saturated carbocycles. The molecule has 0 aromatic carbocycles. The first kappa shape index (κ1) is 17.2. The Bertz CT molecular complexity index is 635. The van der Waals surface area contributed by atoms with E-state index in [1.807, 2.05) is 26.8 Å². The molecule has 6 heteroatoms. The minimum absolute atomic E-state index is 0.00181. The van der Waals surface area contributed by atoms with E-state index in [-0.39, 0.29) is 12.0 Å². The Labute approximate surface area is 136 Å². The summed E-state index contributed by atoms with van der Waals surface area (Å²) in [5, 5.41) is 0. The number of rotatable bonds is 2. The lowest BCUT2D eigenvalue weighted by Gasteiger charge is -2.29. The maximum atomic E-state index is 14.1. The summed E-state index contributed by atoms with van der Waals surface area (Å²) in [5.74, 6) is -0.446. The van der Waals surface area contributed by atoms with Gasteiger partial charge in [0.2, 0.25) is 5.88 Å². The van der Waals surface area contributed by atoms with Gasteiger partial charge < -0.3 is 14.4 Å². The van der Waals surface area contributed by atoms with Gasteiger partial charge in [-0.25, -0.2) is 14.2 Å². The van der Waals surface area contributed by atoms with Crippen LogP contribution in [0.5, 0.6) is 5.88 Å². The van der Waals surface area contributed by atoms with Crippen LogP contribution in [0.3, 0.4) is 0 Å². The van der Waals surface area contributed by atoms with Crippen LogP contribution in [0.2, 0.25) is 0 Å². The lowest BCUT2D eigenvalue weighted by molar-refractivity contribution is 0.0270. The summed E-state index contributed by atoms with van der Waals surface area (Å²) >= 11 is 0. The average molecular weight is 322 g/mol. The zero-order chi connectivity index (χ0) is 17.2. The Morgan fingerprint density at radius 1 is 1.39 bits per heavy atom. The van der Waals surface area contributed by atoms with Crippen molar-refractivity contribution in [2.45, 2.75) is 39.7 Å². The number of aromatic nitrogens is 1. The van der Waals surface area contributed by atoms with Crippen LogP contribution in [0, 0.1) is 12.7 Å². The van der Waals surface area contributed by atoms with Crippen molar-refractivity contribution in [2.24, 2.45) is 0 Å². The van der Waals surface area contributed by atoms with Crippen LogP contribution >= 0.6 is 0 Å². The fourth-order valence-electron chi connectivity index (χ4n) is 2.43. The topological polar surface area (TPSA) is 51.7 Å². The molecule has 1 amide bonds. The third kappa shape index (κ3) is 4.00. The van der Waals surface area contributed by atoms with Gasteiger partial charge in [0.15, 0.2) is 5.82 Å². The average Bonchev–Trinajstić information content (AvgIpc) is 2.48. The number of halogens is 1. The van der Waals surface area contributed by atoms with E-state index in [1.165, 1.54) is 7.11 Å². The molecule has 2 rings (SSSR count). The fraction of sp³-hybridized carbons (Fsp3) is 0.529. The van der Waals surface area contributed by atoms with Gasteiger partial charge in [0.05, 0.1) is 7.11 Å². The Balaban J connectivity index is 2.14. The van der Waals surface area contributed by atoms with Crippen LogP contribution in [0.25, 0.3) is 5.57 Å². The molecule has 1 aliphatic rings. The summed E-state index contributed by atoms with van der Waals surface area (Å²) in [5.41, 5.74) is 1.73. The quantitative estimate of drug-likeness (QED) is 0.835. The van der Waals surface area contributed by atoms with Crippen LogP contribution in [0.15, 0.2) is 12.3 Å². The first-order valence-corrected chi connectivity index (χ1v) is 7.59. The second-order valence-corrected chi connectivity index (χ2v) is 6.53. The molecular formula is C17H23FN2O3. The van der Waals surface area contributed by atoms with Gasteiger partial charge in [-0.2, -0.15) is 0 Å². The van der Waals surface area contributed by atoms with Gasteiger partial charge in [-0.05, 0) is 45.3 Å². The predicted molar refractivity (Wildman–Crippen MR) is 85.9 cm³/mol. The number of hydrogen-bond acceptors (Lipinski definition) is 4. The van der Waals surface area contributed by atoms with E-state index in [2.05, 4.69) is 4.98 Å². The van der Waals surface area contributed by atoms with Crippen molar-refractivity contribution in [3.63, 3.8) is 0 Å². The minimum Gasteiger partial charge on any atom is -0.479 e. The fourth-order valence-corrected chi connectivity index (χ4v) is 2.43. The molecule has 0 aliphatic carbocycles. The highest BCUT2D eigenvalue weighted by Gasteiger charge is 2.25. The smallest absolute Gasteiger partial charge is 0.410 e. The lowest BCUT2D eigenvalue weighted by atomic mass is 9.97. The van der Waals surface area contributed by atoms with Crippen molar-refractivity contribution in [2.75, 3.05) is 20.2 Å². The van der Waals surface area contributed by atoms with Crippen LogP contribution in [0.4, 0.5) is 9.18 Å². The maximum absolute atomic E-state index is 14.1. The van der Waals surface area contributed by atoms with E-state index in [0.717, 1.165) is 11.1 Å². The number of carbonyl (C=O) groups excluding carboxylic acids is 1. The van der Waals surface area contributed by atoms with E-state index < -0.39 is 11.4 Å². The molecule has 5 nitrogen and oxygen atoms in total. The number of carbonyl (C=O) groups is 1. The first-order chi connectivity index (χ1) is 10.7. The van der Waals surface area contributed by atoms with Crippen molar-refractivity contribution in [1.82, 2.24) is 9.88 Å². The summed E-state index contributed by atoms with van der Waals surface area (Å²) in [6.07, 6.45) is 3.84. The largest absolute Gasteiger partial charge is 0.479 e. The molecule has 0 spiro atoms. The summed E-state index contributed by atoms with van der Waals surface area (Å²) in [6.45, 7) is 8.20. The van der Waals surface area contributed by atoms with Gasteiger partial charge in [0.1, 0.15) is 5.60 Å². The number of hydrogen-bond donors (Lipinski definition) is 0. The Morgan fingerprint density at radius 3 is 2.61 bits per heavy atom. The normalized spacial score (nSPS) is 15.2. The Morgan fingerprint density at radius 2 is 2.09 bits per heavy atom. The number of amides is 1. The van der Waals surface area contributed by atoms with Gasteiger partial charge in [-0.15, -0.1) is 0 Å². The van der Waals surface area contributed by atoms with E-state index >= 15 is 0 Å². The molecule has 1 aromatic heterocycles. The summed E-state index contributed by atoms with van der Waals surface area (Å²) in [4.78, 5) is 17.7. The molecule has 1 aliphatic heterocycles. The SMILES string of the molecule is COc1ncc(C2=CCN(C(=O)OC(C)(C)C)CC2)c(C)c1F. The van der Waals surface area contributed by atoms with Crippen molar-refractivity contribution in [1.29, 1.82) is 0 Å². The van der Waals surface area contributed by atoms with Crippen molar-refractivity contribution < 1.29 is 18.7 Å². The van der Waals surface area contributed by atoms with E-state index in [4.69, 9.17) is 9.47 Å². The lowest BCUT2D eigenvalue weighted by Crippen LogP contribution is -2.39.